The summed E-state index contributed by atoms with van der Waals surface area (Å²) in [5, 5.41) is 0. The van der Waals surface area contributed by atoms with E-state index in [-0.39, 0.29) is 5.82 Å². The molecule has 19 heavy (non-hydrogen) atoms. The van der Waals surface area contributed by atoms with Gasteiger partial charge < -0.3 is 9.55 Å². The quantitative estimate of drug-likeness (QED) is 0.694. The molecule has 2 nitrogen and oxygen atoms in total. The average molecular weight is 272 g/mol. The molecule has 0 unspecified atom stereocenters. The fourth-order valence-corrected chi connectivity index (χ4v) is 2.44. The summed E-state index contributed by atoms with van der Waals surface area (Å²) in [6, 6.07) is 13.3. The van der Waals surface area contributed by atoms with Gasteiger partial charge in [-0.25, -0.2) is 4.39 Å². The SMILES string of the molecule is Cc1ccc(Cn2c(=S)[nH]c3c(F)cccc32)cc1. The third-order valence-corrected chi connectivity index (χ3v) is 3.54. The Hall–Kier alpha value is -1.94. The fraction of sp³-hybridized carbons (Fsp3) is 0.133. The molecule has 4 heteroatoms. The van der Waals surface area contributed by atoms with Gasteiger partial charge in [0.1, 0.15) is 11.3 Å². The van der Waals surface area contributed by atoms with Crippen molar-refractivity contribution in [1.29, 1.82) is 0 Å². The van der Waals surface area contributed by atoms with E-state index < -0.39 is 0 Å². The maximum absolute atomic E-state index is 13.7. The van der Waals surface area contributed by atoms with Crippen molar-refractivity contribution in [2.75, 3.05) is 0 Å². The molecule has 0 saturated heterocycles. The highest BCUT2D eigenvalue weighted by atomic mass is 32.1. The smallest absolute Gasteiger partial charge is 0.178 e. The van der Waals surface area contributed by atoms with E-state index in [0.29, 0.717) is 16.8 Å². The van der Waals surface area contributed by atoms with Gasteiger partial charge in [-0.15, -0.1) is 0 Å². The predicted octanol–water partition coefficient (Wildman–Crippen LogP) is 4.19. The van der Waals surface area contributed by atoms with Crippen LogP contribution in [0.15, 0.2) is 42.5 Å². The molecule has 96 valence electrons. The van der Waals surface area contributed by atoms with Crippen LogP contribution in [0.1, 0.15) is 11.1 Å². The van der Waals surface area contributed by atoms with E-state index in [4.69, 9.17) is 12.2 Å². The summed E-state index contributed by atoms with van der Waals surface area (Å²) in [4.78, 5) is 2.93. The zero-order valence-corrected chi connectivity index (χ0v) is 11.3. The molecule has 3 rings (SSSR count). The predicted molar refractivity (Wildman–Crippen MR) is 77.4 cm³/mol. The minimum absolute atomic E-state index is 0.272. The summed E-state index contributed by atoms with van der Waals surface area (Å²) in [6.07, 6.45) is 0. The minimum atomic E-state index is -0.272. The number of fused-ring (bicyclic) bond motifs is 1. The molecule has 2 aromatic carbocycles. The maximum Gasteiger partial charge on any atom is 0.178 e. The summed E-state index contributed by atoms with van der Waals surface area (Å²) in [6.45, 7) is 2.69. The molecular weight excluding hydrogens is 259 g/mol. The topological polar surface area (TPSA) is 20.7 Å². The molecule has 0 bridgehead atoms. The summed E-state index contributed by atoms with van der Waals surface area (Å²) < 4.78 is 16.1. The Kier molecular flexibility index (Phi) is 2.95. The Morgan fingerprint density at radius 1 is 1.16 bits per heavy atom. The van der Waals surface area contributed by atoms with E-state index in [9.17, 15) is 4.39 Å². The number of para-hydroxylation sites is 1. The lowest BCUT2D eigenvalue weighted by molar-refractivity contribution is 0.637. The lowest BCUT2D eigenvalue weighted by Gasteiger charge is -2.05. The lowest BCUT2D eigenvalue weighted by Crippen LogP contribution is -1.99. The van der Waals surface area contributed by atoms with Gasteiger partial charge in [-0.1, -0.05) is 35.9 Å². The summed E-state index contributed by atoms with van der Waals surface area (Å²) in [7, 11) is 0. The lowest BCUT2D eigenvalue weighted by atomic mass is 10.1. The Labute approximate surface area is 115 Å². The van der Waals surface area contributed by atoms with Crippen molar-refractivity contribution in [2.45, 2.75) is 13.5 Å². The highest BCUT2D eigenvalue weighted by molar-refractivity contribution is 7.71. The number of nitrogens with zero attached hydrogens (tertiary/aromatic N) is 1. The fourth-order valence-electron chi connectivity index (χ4n) is 2.18. The van der Waals surface area contributed by atoms with Crippen molar-refractivity contribution in [3.63, 3.8) is 0 Å². The van der Waals surface area contributed by atoms with Crippen LogP contribution in [-0.4, -0.2) is 9.55 Å². The van der Waals surface area contributed by atoms with Crippen LogP contribution in [-0.2, 0) is 6.54 Å². The van der Waals surface area contributed by atoms with Crippen LogP contribution < -0.4 is 0 Å². The number of hydrogen-bond acceptors (Lipinski definition) is 1. The number of aryl methyl sites for hydroxylation is 1. The van der Waals surface area contributed by atoms with Gasteiger partial charge >= 0.3 is 0 Å². The van der Waals surface area contributed by atoms with Gasteiger partial charge in [0.05, 0.1) is 12.1 Å². The van der Waals surface area contributed by atoms with Gasteiger partial charge in [-0.2, -0.15) is 0 Å². The first kappa shape index (κ1) is 12.1. The Morgan fingerprint density at radius 2 is 1.89 bits per heavy atom. The number of benzene rings is 2. The van der Waals surface area contributed by atoms with Gasteiger partial charge in [0.15, 0.2) is 4.77 Å². The van der Waals surface area contributed by atoms with Crippen molar-refractivity contribution in [3.05, 3.63) is 64.2 Å². The second-order valence-electron chi connectivity index (χ2n) is 4.64. The van der Waals surface area contributed by atoms with Crippen LogP contribution in [0.5, 0.6) is 0 Å². The van der Waals surface area contributed by atoms with E-state index in [1.807, 2.05) is 10.6 Å². The first-order valence-corrected chi connectivity index (χ1v) is 6.48. The molecule has 0 aliphatic carbocycles. The first-order chi connectivity index (χ1) is 9.15. The molecule has 1 heterocycles. The number of nitrogens with one attached hydrogen (secondary N) is 1. The second-order valence-corrected chi connectivity index (χ2v) is 5.02. The van der Waals surface area contributed by atoms with Crippen LogP contribution >= 0.6 is 12.2 Å². The monoisotopic (exact) mass is 272 g/mol. The molecule has 0 amide bonds. The summed E-state index contributed by atoms with van der Waals surface area (Å²) in [5.41, 5.74) is 3.63. The molecule has 0 aliphatic rings. The number of imidazole rings is 1. The highest BCUT2D eigenvalue weighted by Crippen LogP contribution is 2.18. The van der Waals surface area contributed by atoms with Gasteiger partial charge in [-0.3, -0.25) is 0 Å². The molecule has 1 N–H and O–H groups in total. The minimum Gasteiger partial charge on any atom is -0.328 e. The van der Waals surface area contributed by atoms with Crippen molar-refractivity contribution in [2.24, 2.45) is 0 Å². The molecule has 0 fully saturated rings. The largest absolute Gasteiger partial charge is 0.328 e. The van der Waals surface area contributed by atoms with Gasteiger partial charge in [0.2, 0.25) is 0 Å². The first-order valence-electron chi connectivity index (χ1n) is 6.08. The van der Waals surface area contributed by atoms with Crippen LogP contribution in [0.4, 0.5) is 4.39 Å². The van der Waals surface area contributed by atoms with E-state index >= 15 is 0 Å². The van der Waals surface area contributed by atoms with Crippen LogP contribution in [0.25, 0.3) is 11.0 Å². The third kappa shape index (κ3) is 2.19. The third-order valence-electron chi connectivity index (χ3n) is 3.22. The summed E-state index contributed by atoms with van der Waals surface area (Å²) in [5.74, 6) is -0.272. The number of H-pyrrole nitrogens is 1. The van der Waals surface area contributed by atoms with E-state index in [0.717, 1.165) is 11.1 Å². The second kappa shape index (κ2) is 4.63. The van der Waals surface area contributed by atoms with E-state index in [2.05, 4.69) is 36.2 Å². The number of aromatic nitrogens is 2. The molecule has 0 spiro atoms. The van der Waals surface area contributed by atoms with Crippen molar-refractivity contribution >= 4 is 23.3 Å². The molecule has 0 radical (unpaired) electrons. The standard InChI is InChI=1S/C15H13FN2S/c1-10-5-7-11(8-6-10)9-18-13-4-2-3-12(16)14(13)17-15(18)19/h2-8H,9H2,1H3,(H,17,19). The van der Waals surface area contributed by atoms with Crippen molar-refractivity contribution in [3.8, 4) is 0 Å². The molecule has 0 saturated carbocycles. The van der Waals surface area contributed by atoms with Gasteiger partial charge in [0.25, 0.3) is 0 Å². The van der Waals surface area contributed by atoms with Crippen LogP contribution in [0.3, 0.4) is 0 Å². The van der Waals surface area contributed by atoms with Gasteiger partial charge in [0, 0.05) is 0 Å². The molecule has 1 aromatic heterocycles. The molecule has 0 atom stereocenters. The van der Waals surface area contributed by atoms with Crippen molar-refractivity contribution in [1.82, 2.24) is 9.55 Å². The average Bonchev–Trinajstić information content (AvgIpc) is 2.71. The van der Waals surface area contributed by atoms with E-state index in [1.54, 1.807) is 6.07 Å². The molecule has 3 aromatic rings. The Balaban J connectivity index is 2.10. The number of halogens is 1. The van der Waals surface area contributed by atoms with E-state index in [1.165, 1.54) is 11.6 Å². The zero-order valence-electron chi connectivity index (χ0n) is 10.5. The molecule has 0 aliphatic heterocycles. The number of hydrogen-bond donors (Lipinski definition) is 1. The Bertz CT molecular complexity index is 784. The highest BCUT2D eigenvalue weighted by Gasteiger charge is 2.08. The maximum atomic E-state index is 13.7. The number of aromatic amines is 1. The van der Waals surface area contributed by atoms with Gasteiger partial charge in [-0.05, 0) is 36.8 Å². The number of rotatable bonds is 2. The van der Waals surface area contributed by atoms with Crippen molar-refractivity contribution < 1.29 is 4.39 Å². The van der Waals surface area contributed by atoms with Crippen LogP contribution in [0.2, 0.25) is 0 Å². The van der Waals surface area contributed by atoms with Crippen LogP contribution in [0, 0.1) is 17.5 Å². The summed E-state index contributed by atoms with van der Waals surface area (Å²) >= 11 is 5.28. The molecular formula is C15H13FN2S. The zero-order chi connectivity index (χ0) is 13.4. The Morgan fingerprint density at radius 3 is 2.63 bits per heavy atom. The normalized spacial score (nSPS) is 11.1.